The van der Waals surface area contributed by atoms with E-state index in [1.54, 1.807) is 6.08 Å². The second kappa shape index (κ2) is 8.71. The molecule has 0 aromatic heterocycles. The first kappa shape index (κ1) is 14.4. The predicted molar refractivity (Wildman–Crippen MR) is 60.3 cm³/mol. The van der Waals surface area contributed by atoms with Gasteiger partial charge in [0.05, 0.1) is 6.26 Å². The zero-order valence-electron chi connectivity index (χ0n) is 9.82. The van der Waals surface area contributed by atoms with Crippen LogP contribution in [0.5, 0.6) is 0 Å². The quantitative estimate of drug-likeness (QED) is 0.380. The Morgan fingerprint density at radius 2 is 1.88 bits per heavy atom. The van der Waals surface area contributed by atoms with E-state index in [9.17, 15) is 9.59 Å². The smallest absolute Gasteiger partial charge is 0.307 e. The molecule has 0 aliphatic heterocycles. The maximum atomic E-state index is 10.5. The number of allylic oxidation sites excluding steroid dienone is 2. The molecule has 0 bridgehead atoms. The molecule has 0 aliphatic rings. The van der Waals surface area contributed by atoms with Gasteiger partial charge in [-0.05, 0) is 25.3 Å². The maximum Gasteiger partial charge on any atom is 0.307 e. The Kier molecular flexibility index (Phi) is 7.85. The lowest BCUT2D eigenvalue weighted by atomic mass is 10.2. The van der Waals surface area contributed by atoms with Crippen LogP contribution in [0.3, 0.4) is 0 Å². The molecule has 16 heavy (non-hydrogen) atoms. The number of carbonyl (C=O) groups is 2. The number of carbonyl (C=O) groups excluding carboxylic acids is 2. The van der Waals surface area contributed by atoms with E-state index in [-0.39, 0.29) is 11.9 Å². The normalized spacial score (nSPS) is 10.1. The van der Waals surface area contributed by atoms with Crippen molar-refractivity contribution in [3.8, 4) is 0 Å². The average Bonchev–Trinajstić information content (AvgIpc) is 2.14. The van der Waals surface area contributed by atoms with Crippen LogP contribution in [0.1, 0.15) is 39.5 Å². The number of hydrogen-bond acceptors (Lipinski definition) is 4. The van der Waals surface area contributed by atoms with Crippen LogP contribution in [0, 0.1) is 0 Å². The minimum absolute atomic E-state index is 0.320. The highest BCUT2D eigenvalue weighted by atomic mass is 16.5. The molecule has 4 nitrogen and oxygen atoms in total. The zero-order valence-corrected chi connectivity index (χ0v) is 9.82. The topological polar surface area (TPSA) is 52.6 Å². The van der Waals surface area contributed by atoms with Crippen LogP contribution < -0.4 is 0 Å². The van der Waals surface area contributed by atoms with E-state index >= 15 is 0 Å². The molecular formula is C12H18O4. The first-order valence-corrected chi connectivity index (χ1v) is 5.21. The molecule has 0 heterocycles. The minimum atomic E-state index is -0.334. The van der Waals surface area contributed by atoms with Gasteiger partial charge < -0.3 is 9.47 Å². The van der Waals surface area contributed by atoms with Crippen LogP contribution in [0.4, 0.5) is 0 Å². The van der Waals surface area contributed by atoms with Crippen LogP contribution in [0.15, 0.2) is 24.7 Å². The van der Waals surface area contributed by atoms with Crippen molar-refractivity contribution in [1.29, 1.82) is 0 Å². The lowest BCUT2D eigenvalue weighted by molar-refractivity contribution is -0.137. The van der Waals surface area contributed by atoms with Crippen molar-refractivity contribution < 1.29 is 19.1 Å². The van der Waals surface area contributed by atoms with Gasteiger partial charge in [0.15, 0.2) is 0 Å². The second-order valence-electron chi connectivity index (χ2n) is 3.36. The summed E-state index contributed by atoms with van der Waals surface area (Å²) in [6, 6.07) is 0. The number of esters is 2. The third-order valence-electron chi connectivity index (χ3n) is 1.69. The second-order valence-corrected chi connectivity index (χ2v) is 3.36. The summed E-state index contributed by atoms with van der Waals surface area (Å²) in [6.07, 6.45) is 6.48. The molecule has 0 aromatic carbocycles. The fourth-order valence-electron chi connectivity index (χ4n) is 1.05. The third kappa shape index (κ3) is 10.5. The Morgan fingerprint density at radius 1 is 1.19 bits per heavy atom. The average molecular weight is 226 g/mol. The summed E-state index contributed by atoms with van der Waals surface area (Å²) in [4.78, 5) is 20.9. The summed E-state index contributed by atoms with van der Waals surface area (Å²) in [7, 11) is 0. The molecule has 0 atom stereocenters. The van der Waals surface area contributed by atoms with Gasteiger partial charge >= 0.3 is 11.9 Å². The van der Waals surface area contributed by atoms with E-state index in [2.05, 4.69) is 11.3 Å². The monoisotopic (exact) mass is 226 g/mol. The number of rotatable bonds is 7. The van der Waals surface area contributed by atoms with E-state index in [4.69, 9.17) is 4.74 Å². The first-order chi connectivity index (χ1) is 7.52. The van der Waals surface area contributed by atoms with Crippen LogP contribution in [0.2, 0.25) is 0 Å². The Morgan fingerprint density at radius 3 is 2.44 bits per heavy atom. The summed E-state index contributed by atoms with van der Waals surface area (Å²) >= 11 is 0. The molecule has 0 saturated heterocycles. The van der Waals surface area contributed by atoms with E-state index in [0.29, 0.717) is 12.2 Å². The van der Waals surface area contributed by atoms with Gasteiger partial charge in [-0.1, -0.05) is 6.58 Å². The fraction of sp³-hybridized carbons (Fsp3) is 0.500. The van der Waals surface area contributed by atoms with Crippen LogP contribution in [0.25, 0.3) is 0 Å². The molecule has 0 unspecified atom stereocenters. The van der Waals surface area contributed by atoms with E-state index < -0.39 is 0 Å². The van der Waals surface area contributed by atoms with Crippen LogP contribution >= 0.6 is 0 Å². The standard InChI is InChI=1S/C12H18O4/c1-10(16-12(3)14)8-6-4-5-7-9-15-11(2)13/h7,9H,1,4-6,8H2,2-3H3/b9-7+. The van der Waals surface area contributed by atoms with Gasteiger partial charge in [0, 0.05) is 20.3 Å². The van der Waals surface area contributed by atoms with E-state index in [1.165, 1.54) is 20.1 Å². The molecule has 0 rings (SSSR count). The summed E-state index contributed by atoms with van der Waals surface area (Å²) in [5, 5.41) is 0. The predicted octanol–water partition coefficient (Wildman–Crippen LogP) is 2.70. The van der Waals surface area contributed by atoms with E-state index in [1.807, 2.05) is 0 Å². The number of ether oxygens (including phenoxy) is 2. The minimum Gasteiger partial charge on any atom is -0.435 e. The van der Waals surface area contributed by atoms with Crippen molar-refractivity contribution in [3.05, 3.63) is 24.7 Å². The summed E-state index contributed by atoms with van der Waals surface area (Å²) < 4.78 is 9.40. The molecular weight excluding hydrogens is 208 g/mol. The molecule has 0 radical (unpaired) electrons. The van der Waals surface area contributed by atoms with E-state index in [0.717, 1.165) is 19.3 Å². The largest absolute Gasteiger partial charge is 0.435 e. The van der Waals surface area contributed by atoms with Crippen molar-refractivity contribution in [3.63, 3.8) is 0 Å². The van der Waals surface area contributed by atoms with Crippen LogP contribution in [-0.4, -0.2) is 11.9 Å². The fourth-order valence-corrected chi connectivity index (χ4v) is 1.05. The lowest BCUT2D eigenvalue weighted by Gasteiger charge is -2.03. The van der Waals surface area contributed by atoms with Crippen molar-refractivity contribution in [2.75, 3.05) is 0 Å². The van der Waals surface area contributed by atoms with Gasteiger partial charge in [-0.15, -0.1) is 0 Å². The zero-order chi connectivity index (χ0) is 12.4. The Balaban J connectivity index is 3.39. The summed E-state index contributed by atoms with van der Waals surface area (Å²) in [5.41, 5.74) is 0. The highest BCUT2D eigenvalue weighted by Gasteiger charge is 1.98. The van der Waals surface area contributed by atoms with Gasteiger partial charge in [0.1, 0.15) is 5.76 Å². The molecule has 90 valence electrons. The Hall–Kier alpha value is -1.58. The Labute approximate surface area is 95.9 Å². The van der Waals surface area contributed by atoms with Crippen molar-refractivity contribution in [1.82, 2.24) is 0 Å². The first-order valence-electron chi connectivity index (χ1n) is 5.21. The summed E-state index contributed by atoms with van der Waals surface area (Å²) in [6.45, 7) is 6.33. The van der Waals surface area contributed by atoms with Crippen molar-refractivity contribution in [2.24, 2.45) is 0 Å². The molecule has 0 aliphatic carbocycles. The molecule has 0 saturated carbocycles. The maximum absolute atomic E-state index is 10.5. The van der Waals surface area contributed by atoms with Gasteiger partial charge in [-0.25, -0.2) is 0 Å². The van der Waals surface area contributed by atoms with Gasteiger partial charge in [0.25, 0.3) is 0 Å². The lowest BCUT2D eigenvalue weighted by Crippen LogP contribution is -1.97. The molecule has 0 N–H and O–H groups in total. The molecule has 0 aromatic rings. The number of unbranched alkanes of at least 4 members (excludes halogenated alkanes) is 2. The highest BCUT2D eigenvalue weighted by Crippen LogP contribution is 2.08. The van der Waals surface area contributed by atoms with Crippen LogP contribution in [-0.2, 0) is 19.1 Å². The summed E-state index contributed by atoms with van der Waals surface area (Å²) in [5.74, 6) is -0.157. The molecule has 0 amide bonds. The Bertz CT molecular complexity index is 279. The molecule has 4 heteroatoms. The highest BCUT2D eigenvalue weighted by molar-refractivity contribution is 5.67. The van der Waals surface area contributed by atoms with Crippen molar-refractivity contribution >= 4 is 11.9 Å². The number of hydrogen-bond donors (Lipinski definition) is 0. The van der Waals surface area contributed by atoms with Gasteiger partial charge in [-0.2, -0.15) is 0 Å². The van der Waals surface area contributed by atoms with Gasteiger partial charge in [0.2, 0.25) is 0 Å². The third-order valence-corrected chi connectivity index (χ3v) is 1.69. The van der Waals surface area contributed by atoms with Gasteiger partial charge in [-0.3, -0.25) is 9.59 Å². The molecule has 0 fully saturated rings. The molecule has 0 spiro atoms. The SMILES string of the molecule is C=C(CCCC/C=C/OC(C)=O)OC(C)=O. The van der Waals surface area contributed by atoms with Crippen molar-refractivity contribution in [2.45, 2.75) is 39.5 Å².